The molecule has 2 rings (SSSR count). The summed E-state index contributed by atoms with van der Waals surface area (Å²) in [5.41, 5.74) is 0.375. The van der Waals surface area contributed by atoms with Crippen molar-refractivity contribution in [2.24, 2.45) is 0 Å². The molecule has 19 heavy (non-hydrogen) atoms. The maximum Gasteiger partial charge on any atom is 0.180 e. The first-order valence-electron chi connectivity index (χ1n) is 5.85. The number of aryl methyl sites for hydroxylation is 1. The van der Waals surface area contributed by atoms with Crippen LogP contribution < -0.4 is 0 Å². The van der Waals surface area contributed by atoms with Gasteiger partial charge in [0.05, 0.1) is 25.2 Å². The zero-order valence-electron chi connectivity index (χ0n) is 10.0. The van der Waals surface area contributed by atoms with Crippen LogP contribution in [-0.4, -0.2) is 73.1 Å². The fourth-order valence-electron chi connectivity index (χ4n) is 1.95. The Morgan fingerprint density at radius 3 is 2.63 bits per heavy atom. The molecule has 4 N–H and O–H groups in total. The highest BCUT2D eigenvalue weighted by atomic mass is 19.1. The van der Waals surface area contributed by atoms with E-state index in [4.69, 9.17) is 9.84 Å². The van der Waals surface area contributed by atoms with E-state index < -0.39 is 43.9 Å². The largest absolute Gasteiger partial charge is 0.394 e. The number of ether oxygens (including phenoxy) is 1. The molecule has 1 saturated heterocycles. The smallest absolute Gasteiger partial charge is 0.180 e. The van der Waals surface area contributed by atoms with E-state index in [0.29, 0.717) is 5.69 Å². The first kappa shape index (κ1) is 14.3. The van der Waals surface area contributed by atoms with Gasteiger partial charge in [-0.2, -0.15) is 0 Å². The van der Waals surface area contributed by atoms with E-state index in [-0.39, 0.29) is 6.42 Å². The Hall–Kier alpha value is -1.13. The number of hydrogen-bond donors (Lipinski definition) is 4. The van der Waals surface area contributed by atoms with Gasteiger partial charge in [0.15, 0.2) is 6.23 Å². The van der Waals surface area contributed by atoms with E-state index in [1.807, 2.05) is 0 Å². The van der Waals surface area contributed by atoms with Gasteiger partial charge >= 0.3 is 0 Å². The number of rotatable bonds is 4. The van der Waals surface area contributed by atoms with Gasteiger partial charge in [-0.15, -0.1) is 5.10 Å². The fourth-order valence-corrected chi connectivity index (χ4v) is 1.95. The van der Waals surface area contributed by atoms with Gasteiger partial charge in [-0.05, 0) is 0 Å². The van der Waals surface area contributed by atoms with Crippen LogP contribution in [0.25, 0.3) is 0 Å². The monoisotopic (exact) mass is 277 g/mol. The predicted octanol–water partition coefficient (Wildman–Crippen LogP) is -2.24. The molecule has 1 aliphatic heterocycles. The second-order valence-corrected chi connectivity index (χ2v) is 4.35. The zero-order chi connectivity index (χ0) is 14.0. The van der Waals surface area contributed by atoms with Crippen molar-refractivity contribution in [1.82, 2.24) is 15.0 Å². The molecule has 0 aromatic carbocycles. The molecule has 8 nitrogen and oxygen atoms in total. The highest BCUT2D eigenvalue weighted by Crippen LogP contribution is 2.27. The Bertz CT molecular complexity index is 416. The molecule has 1 aromatic rings. The second kappa shape index (κ2) is 5.88. The molecule has 108 valence electrons. The molecule has 0 aliphatic carbocycles. The van der Waals surface area contributed by atoms with Crippen LogP contribution >= 0.6 is 0 Å². The summed E-state index contributed by atoms with van der Waals surface area (Å²) in [6.45, 7) is -1.11. The van der Waals surface area contributed by atoms with Gasteiger partial charge in [0.1, 0.15) is 24.4 Å². The molecule has 1 fully saturated rings. The van der Waals surface area contributed by atoms with Crippen LogP contribution in [0.1, 0.15) is 11.9 Å². The number of aliphatic hydroxyl groups is 4. The quantitative estimate of drug-likeness (QED) is 0.491. The summed E-state index contributed by atoms with van der Waals surface area (Å²) in [5.74, 6) is 0. The Balaban J connectivity index is 2.17. The summed E-state index contributed by atoms with van der Waals surface area (Å²) < 4.78 is 18.6. The highest BCUT2D eigenvalue weighted by molar-refractivity contribution is 4.96. The molecule has 0 unspecified atom stereocenters. The lowest BCUT2D eigenvalue weighted by atomic mass is 9.98. The summed E-state index contributed by atoms with van der Waals surface area (Å²) in [6, 6.07) is 0. The van der Waals surface area contributed by atoms with Crippen molar-refractivity contribution in [3.63, 3.8) is 0 Å². The number of aliphatic hydroxyl groups excluding tert-OH is 4. The minimum absolute atomic E-state index is 0.0808. The Kier molecular flexibility index (Phi) is 4.42. The van der Waals surface area contributed by atoms with Crippen LogP contribution in [0.2, 0.25) is 0 Å². The lowest BCUT2D eigenvalue weighted by molar-refractivity contribution is -0.254. The lowest BCUT2D eigenvalue weighted by Crippen LogP contribution is -2.56. The van der Waals surface area contributed by atoms with Crippen molar-refractivity contribution in [1.29, 1.82) is 0 Å². The topological polar surface area (TPSA) is 121 Å². The molecule has 5 atom stereocenters. The maximum atomic E-state index is 12.2. The fraction of sp³-hybridized carbons (Fsp3) is 0.800. The standard InChI is InChI=1S/C10H16FN3O5/c11-2-1-5-3-14(13-12-5)10-9(18)8(17)7(16)6(4-15)19-10/h3,6-10,15-18H,1-2,4H2/t6-,7-,8+,9-,10-/m1/s1. The number of nitrogens with zero attached hydrogens (tertiary/aromatic N) is 3. The zero-order valence-corrected chi connectivity index (χ0v) is 10.0. The summed E-state index contributed by atoms with van der Waals surface area (Å²) >= 11 is 0. The second-order valence-electron chi connectivity index (χ2n) is 4.35. The Morgan fingerprint density at radius 2 is 2.00 bits per heavy atom. The normalized spacial score (nSPS) is 35.5. The molecular weight excluding hydrogens is 261 g/mol. The first-order valence-corrected chi connectivity index (χ1v) is 5.85. The van der Waals surface area contributed by atoms with Crippen LogP contribution in [-0.2, 0) is 11.2 Å². The molecule has 0 radical (unpaired) electrons. The van der Waals surface area contributed by atoms with Crippen LogP contribution in [0.15, 0.2) is 6.20 Å². The molecule has 0 spiro atoms. The van der Waals surface area contributed by atoms with Gasteiger partial charge in [0.2, 0.25) is 0 Å². The van der Waals surface area contributed by atoms with Crippen LogP contribution in [0.3, 0.4) is 0 Å². The minimum atomic E-state index is -1.48. The van der Waals surface area contributed by atoms with E-state index in [1.54, 1.807) is 0 Å². The molecule has 0 amide bonds. The van der Waals surface area contributed by atoms with Crippen molar-refractivity contribution in [3.8, 4) is 0 Å². The van der Waals surface area contributed by atoms with Crippen LogP contribution in [0.4, 0.5) is 4.39 Å². The lowest BCUT2D eigenvalue weighted by Gasteiger charge is -2.39. The van der Waals surface area contributed by atoms with E-state index in [2.05, 4.69) is 10.3 Å². The van der Waals surface area contributed by atoms with Crippen LogP contribution in [0, 0.1) is 0 Å². The average Bonchev–Trinajstić information content (AvgIpc) is 2.85. The van der Waals surface area contributed by atoms with E-state index in [9.17, 15) is 19.7 Å². The van der Waals surface area contributed by atoms with E-state index in [1.165, 1.54) is 6.20 Å². The van der Waals surface area contributed by atoms with Crippen LogP contribution in [0.5, 0.6) is 0 Å². The molecular formula is C10H16FN3O5. The number of halogens is 1. The van der Waals surface area contributed by atoms with Crippen molar-refractivity contribution in [2.75, 3.05) is 13.3 Å². The van der Waals surface area contributed by atoms with E-state index >= 15 is 0 Å². The number of aromatic nitrogens is 3. The van der Waals surface area contributed by atoms with Crippen molar-refractivity contribution >= 4 is 0 Å². The minimum Gasteiger partial charge on any atom is -0.394 e. The van der Waals surface area contributed by atoms with Crippen molar-refractivity contribution < 1.29 is 29.6 Å². The van der Waals surface area contributed by atoms with Gasteiger partial charge in [0, 0.05) is 6.42 Å². The highest BCUT2D eigenvalue weighted by Gasteiger charge is 2.44. The van der Waals surface area contributed by atoms with E-state index in [0.717, 1.165) is 4.68 Å². The molecule has 0 saturated carbocycles. The molecule has 9 heteroatoms. The number of hydrogen-bond acceptors (Lipinski definition) is 7. The van der Waals surface area contributed by atoms with Gasteiger partial charge < -0.3 is 25.2 Å². The van der Waals surface area contributed by atoms with Gasteiger partial charge in [-0.1, -0.05) is 5.21 Å². The van der Waals surface area contributed by atoms with Gasteiger partial charge in [-0.3, -0.25) is 4.39 Å². The third-order valence-electron chi connectivity index (χ3n) is 3.04. The predicted molar refractivity (Wildman–Crippen MR) is 58.7 cm³/mol. The first-order chi connectivity index (χ1) is 9.08. The third-order valence-corrected chi connectivity index (χ3v) is 3.04. The summed E-state index contributed by atoms with van der Waals surface area (Å²) in [4.78, 5) is 0. The van der Waals surface area contributed by atoms with Gasteiger partial charge in [0.25, 0.3) is 0 Å². The van der Waals surface area contributed by atoms with Crippen molar-refractivity contribution in [2.45, 2.75) is 37.1 Å². The number of alkyl halides is 1. The Labute approximate surface area is 108 Å². The SMILES string of the molecule is OC[C@H]1O[C@@H](n2cc(CCF)nn2)[C@H](O)[C@@H](O)[C@@H]1O. The summed E-state index contributed by atoms with van der Waals surface area (Å²) in [7, 11) is 0. The molecule has 1 aliphatic rings. The summed E-state index contributed by atoms with van der Waals surface area (Å²) in [5, 5.41) is 45.5. The Morgan fingerprint density at radius 1 is 1.26 bits per heavy atom. The average molecular weight is 277 g/mol. The van der Waals surface area contributed by atoms with Crippen molar-refractivity contribution in [3.05, 3.63) is 11.9 Å². The maximum absolute atomic E-state index is 12.2. The molecule has 1 aromatic heterocycles. The molecule has 0 bridgehead atoms. The van der Waals surface area contributed by atoms with Gasteiger partial charge in [-0.25, -0.2) is 4.68 Å². The molecule has 2 heterocycles. The third kappa shape index (κ3) is 2.74. The summed E-state index contributed by atoms with van der Waals surface area (Å²) in [6.07, 6.45) is -5.00.